The van der Waals surface area contributed by atoms with Gasteiger partial charge in [0.1, 0.15) is 0 Å². The van der Waals surface area contributed by atoms with Crippen LogP contribution < -0.4 is 4.72 Å². The van der Waals surface area contributed by atoms with E-state index in [2.05, 4.69) is 4.72 Å². The maximum atomic E-state index is 12.0. The molecular weight excluding hydrogens is 258 g/mol. The molecule has 1 N–H and O–H groups in total. The molecule has 1 unspecified atom stereocenters. The van der Waals surface area contributed by atoms with Crippen LogP contribution in [0.5, 0.6) is 0 Å². The van der Waals surface area contributed by atoms with Crippen LogP contribution in [-0.4, -0.2) is 20.3 Å². The van der Waals surface area contributed by atoms with Crippen LogP contribution in [0.4, 0.5) is 0 Å². The zero-order valence-electron chi connectivity index (χ0n) is 9.69. The van der Waals surface area contributed by atoms with Crippen molar-refractivity contribution < 1.29 is 8.42 Å². The summed E-state index contributed by atoms with van der Waals surface area (Å²) in [5, 5.41) is -0.0883. The maximum absolute atomic E-state index is 12.0. The number of aryl methyl sites for hydroxylation is 1. The number of hydrogen-bond acceptors (Lipinski definition) is 2. The summed E-state index contributed by atoms with van der Waals surface area (Å²) in [7, 11) is -3.42. The van der Waals surface area contributed by atoms with E-state index in [1.807, 2.05) is 13.0 Å². The van der Waals surface area contributed by atoms with Crippen molar-refractivity contribution in [2.24, 2.45) is 5.92 Å². The lowest BCUT2D eigenvalue weighted by Gasteiger charge is -2.10. The lowest BCUT2D eigenvalue weighted by atomic mass is 10.2. The average molecular weight is 274 g/mol. The molecule has 1 aromatic carbocycles. The fraction of sp³-hybridized carbons (Fsp3) is 0.500. The Bertz CT molecular complexity index is 497. The Kier molecular flexibility index (Phi) is 3.76. The molecule has 5 heteroatoms. The van der Waals surface area contributed by atoms with Crippen LogP contribution in [0.1, 0.15) is 18.4 Å². The van der Waals surface area contributed by atoms with Crippen LogP contribution >= 0.6 is 11.6 Å². The molecule has 0 saturated heterocycles. The van der Waals surface area contributed by atoms with E-state index in [1.165, 1.54) is 0 Å². The van der Waals surface area contributed by atoms with Gasteiger partial charge in [-0.1, -0.05) is 12.1 Å². The second-order valence-corrected chi connectivity index (χ2v) is 6.85. The van der Waals surface area contributed by atoms with Gasteiger partial charge in [-0.3, -0.25) is 0 Å². The first-order valence-electron chi connectivity index (χ1n) is 5.69. The molecule has 3 nitrogen and oxygen atoms in total. The normalized spacial score (nSPS) is 18.0. The summed E-state index contributed by atoms with van der Waals surface area (Å²) in [6.45, 7) is 2.18. The van der Waals surface area contributed by atoms with Gasteiger partial charge in [-0.05, 0) is 43.4 Å². The standard InChI is InChI=1S/C12H16ClNO2S/c1-9-3-2-4-11(7-9)17(15,16)14-8-12(13)10-5-6-10/h2-4,7,10,12,14H,5-6,8H2,1H3. The predicted octanol–water partition coefficient (Wildman–Crippen LogP) is 2.29. The highest BCUT2D eigenvalue weighted by Crippen LogP contribution is 2.35. The highest BCUT2D eigenvalue weighted by molar-refractivity contribution is 7.89. The SMILES string of the molecule is Cc1cccc(S(=O)(=O)NCC(Cl)C2CC2)c1. The molecular formula is C12H16ClNO2S. The highest BCUT2D eigenvalue weighted by atomic mass is 35.5. The van der Waals surface area contributed by atoms with Crippen LogP contribution in [0.3, 0.4) is 0 Å². The Morgan fingerprint density at radius 1 is 1.47 bits per heavy atom. The fourth-order valence-corrected chi connectivity index (χ4v) is 3.26. The van der Waals surface area contributed by atoms with Gasteiger partial charge < -0.3 is 0 Å². The molecule has 1 aliphatic carbocycles. The van der Waals surface area contributed by atoms with Gasteiger partial charge in [0.25, 0.3) is 0 Å². The summed E-state index contributed by atoms with van der Waals surface area (Å²) < 4.78 is 26.5. The summed E-state index contributed by atoms with van der Waals surface area (Å²) in [6, 6.07) is 6.86. The van der Waals surface area contributed by atoms with Gasteiger partial charge in [0.15, 0.2) is 0 Å². The molecule has 1 aromatic rings. The zero-order valence-corrected chi connectivity index (χ0v) is 11.3. The van der Waals surface area contributed by atoms with Crippen LogP contribution in [-0.2, 0) is 10.0 Å². The van der Waals surface area contributed by atoms with Crippen molar-refractivity contribution in [3.05, 3.63) is 29.8 Å². The van der Waals surface area contributed by atoms with E-state index in [4.69, 9.17) is 11.6 Å². The predicted molar refractivity (Wildman–Crippen MR) is 68.7 cm³/mol. The summed E-state index contributed by atoms with van der Waals surface area (Å²) >= 11 is 6.08. The van der Waals surface area contributed by atoms with Crippen molar-refractivity contribution in [3.8, 4) is 0 Å². The molecule has 0 amide bonds. The third-order valence-corrected chi connectivity index (χ3v) is 4.83. The van der Waals surface area contributed by atoms with Crippen LogP contribution in [0.25, 0.3) is 0 Å². The lowest BCUT2D eigenvalue weighted by molar-refractivity contribution is 0.576. The van der Waals surface area contributed by atoms with Gasteiger partial charge in [-0.15, -0.1) is 11.6 Å². The fourth-order valence-electron chi connectivity index (χ4n) is 1.68. The van der Waals surface area contributed by atoms with Gasteiger partial charge in [-0.2, -0.15) is 0 Å². The Morgan fingerprint density at radius 2 is 2.18 bits per heavy atom. The number of nitrogens with one attached hydrogen (secondary N) is 1. The molecule has 0 heterocycles. The largest absolute Gasteiger partial charge is 0.240 e. The second kappa shape index (κ2) is 4.96. The number of halogens is 1. The number of benzene rings is 1. The van der Waals surface area contributed by atoms with Crippen LogP contribution in [0, 0.1) is 12.8 Å². The number of hydrogen-bond donors (Lipinski definition) is 1. The first-order chi connectivity index (χ1) is 7.99. The number of sulfonamides is 1. The molecule has 1 fully saturated rings. The Hall–Kier alpha value is -0.580. The minimum absolute atomic E-state index is 0.0883. The zero-order chi connectivity index (χ0) is 12.5. The van der Waals surface area contributed by atoms with Crippen molar-refractivity contribution in [2.75, 3.05) is 6.54 Å². The summed E-state index contributed by atoms with van der Waals surface area (Å²) in [5.41, 5.74) is 0.928. The molecule has 0 aromatic heterocycles. The van der Waals surface area contributed by atoms with E-state index in [-0.39, 0.29) is 5.38 Å². The quantitative estimate of drug-likeness (QED) is 0.837. The second-order valence-electron chi connectivity index (χ2n) is 4.52. The maximum Gasteiger partial charge on any atom is 0.240 e. The van der Waals surface area contributed by atoms with Crippen molar-refractivity contribution >= 4 is 21.6 Å². The van der Waals surface area contributed by atoms with E-state index in [0.29, 0.717) is 17.4 Å². The number of alkyl halides is 1. The topological polar surface area (TPSA) is 46.2 Å². The molecule has 2 rings (SSSR count). The average Bonchev–Trinajstić information content (AvgIpc) is 3.10. The third-order valence-electron chi connectivity index (χ3n) is 2.90. The first-order valence-corrected chi connectivity index (χ1v) is 7.61. The molecule has 0 spiro atoms. The Balaban J connectivity index is 2.03. The molecule has 1 aliphatic rings. The van der Waals surface area contributed by atoms with Crippen molar-refractivity contribution in [3.63, 3.8) is 0 Å². The van der Waals surface area contributed by atoms with E-state index in [0.717, 1.165) is 18.4 Å². The molecule has 0 bridgehead atoms. The van der Waals surface area contributed by atoms with E-state index < -0.39 is 10.0 Å². The lowest BCUT2D eigenvalue weighted by Crippen LogP contribution is -2.30. The summed E-state index contributed by atoms with van der Waals surface area (Å²) in [4.78, 5) is 0.303. The van der Waals surface area contributed by atoms with Gasteiger partial charge in [0.05, 0.1) is 4.90 Å². The van der Waals surface area contributed by atoms with E-state index >= 15 is 0 Å². The van der Waals surface area contributed by atoms with E-state index in [9.17, 15) is 8.42 Å². The Labute approximate surface area is 107 Å². The van der Waals surface area contributed by atoms with Crippen LogP contribution in [0.2, 0.25) is 0 Å². The highest BCUT2D eigenvalue weighted by Gasteiger charge is 2.30. The van der Waals surface area contributed by atoms with Crippen molar-refractivity contribution in [1.29, 1.82) is 0 Å². The Morgan fingerprint density at radius 3 is 2.76 bits per heavy atom. The molecule has 94 valence electrons. The smallest absolute Gasteiger partial charge is 0.210 e. The minimum atomic E-state index is -3.42. The molecule has 0 radical (unpaired) electrons. The van der Waals surface area contributed by atoms with Gasteiger partial charge in [0.2, 0.25) is 10.0 Å². The summed E-state index contributed by atoms with van der Waals surface area (Å²) in [5.74, 6) is 0.483. The van der Waals surface area contributed by atoms with Gasteiger partial charge >= 0.3 is 0 Å². The van der Waals surface area contributed by atoms with Crippen LogP contribution in [0.15, 0.2) is 29.2 Å². The summed E-state index contributed by atoms with van der Waals surface area (Å²) in [6.07, 6.45) is 2.22. The monoisotopic (exact) mass is 273 g/mol. The van der Waals surface area contributed by atoms with Gasteiger partial charge in [-0.25, -0.2) is 13.1 Å². The third kappa shape index (κ3) is 3.44. The minimum Gasteiger partial charge on any atom is -0.210 e. The molecule has 1 saturated carbocycles. The van der Waals surface area contributed by atoms with E-state index in [1.54, 1.807) is 18.2 Å². The molecule has 0 aliphatic heterocycles. The van der Waals surface area contributed by atoms with Gasteiger partial charge in [0, 0.05) is 11.9 Å². The van der Waals surface area contributed by atoms with Crippen molar-refractivity contribution in [1.82, 2.24) is 4.72 Å². The molecule has 17 heavy (non-hydrogen) atoms. The van der Waals surface area contributed by atoms with Crippen molar-refractivity contribution in [2.45, 2.75) is 30.0 Å². The number of rotatable bonds is 5. The first kappa shape index (κ1) is 12.9. The molecule has 1 atom stereocenters.